The highest BCUT2D eigenvalue weighted by Gasteiger charge is 2.22. The Morgan fingerprint density at radius 3 is 1.10 bits per heavy atom. The second-order valence-electron chi connectivity index (χ2n) is 32.5. The summed E-state index contributed by atoms with van der Waals surface area (Å²) < 4.78 is 26.1. The van der Waals surface area contributed by atoms with Gasteiger partial charge in [-0.1, -0.05) is 137 Å². The molecule has 21 heteroatoms. The summed E-state index contributed by atoms with van der Waals surface area (Å²) in [5.74, 6) is 10.7. The number of nitrogens with one attached hydrogen (secondary N) is 6. The van der Waals surface area contributed by atoms with Crippen LogP contribution in [0.5, 0.6) is 0 Å². The third-order valence-electron chi connectivity index (χ3n) is 12.2. The minimum atomic E-state index is -0.909. The van der Waals surface area contributed by atoms with Gasteiger partial charge in [-0.25, -0.2) is 19.2 Å². The van der Waals surface area contributed by atoms with Crippen molar-refractivity contribution < 1.29 is 71.9 Å². The van der Waals surface area contributed by atoms with Crippen LogP contribution < -0.4 is 31.9 Å². The largest absolute Gasteiger partial charge is 0.478 e. The van der Waals surface area contributed by atoms with Crippen molar-refractivity contribution >= 4 is 53.9 Å². The molecule has 4 rings (SSSR count). The van der Waals surface area contributed by atoms with Crippen LogP contribution in [-0.2, 0) is 46.4 Å². The molecule has 0 fully saturated rings. The van der Waals surface area contributed by atoms with Gasteiger partial charge in [0.15, 0.2) is 0 Å². The maximum absolute atomic E-state index is 12.8. The first kappa shape index (κ1) is 94.6. The number of carboxylic acids is 1. The number of rotatable bonds is 20. The predicted octanol–water partition coefficient (Wildman–Crippen LogP) is 16.4. The second kappa shape index (κ2) is 45.0. The van der Waals surface area contributed by atoms with Crippen molar-refractivity contribution in [3.63, 3.8) is 0 Å². The fourth-order valence-electron chi connectivity index (χ4n) is 7.90. The highest BCUT2D eigenvalue weighted by molar-refractivity contribution is 6.00. The second-order valence-corrected chi connectivity index (χ2v) is 32.5. The number of hydrogen-bond donors (Lipinski definition) is 7. The van der Waals surface area contributed by atoms with Crippen molar-refractivity contribution in [1.82, 2.24) is 31.9 Å². The molecule has 0 aliphatic heterocycles. The zero-order chi connectivity index (χ0) is 80.1. The Labute approximate surface area is 621 Å². The number of esters is 2. The van der Waals surface area contributed by atoms with Gasteiger partial charge < -0.3 is 60.7 Å². The molecule has 0 aromatic heterocycles. The zero-order valence-electron chi connectivity index (χ0n) is 67.4. The zero-order valence-corrected chi connectivity index (χ0v) is 67.4. The number of carbonyl (C=O) groups is 9. The molecule has 0 aliphatic rings. The minimum Gasteiger partial charge on any atom is -0.478 e. The standard InChI is InChI=1S/C28H41N3O6.C21H34N2O4.C17H25NO3.C12H12O2.C5H12/c1-19(2)11-12-20-16-21(24(33)29-13-9-10-23(32)36-27(3,4)5)18-22(17-20)25(34)30-14-15-31-26(35)37-28(6,7)8;1-14(2)17-10-15(12-22-18(24)26-20(3,4)5)9-16(11-17)13-23-19(25)27-21(6,7)8;1-12(2)13-6-8-14(9-7-13)16(20)18-11-10-15(19)21-17(3,4)5;1-9(2)3-4-10-5-7-11(8-6-10)12(13)14;1-5(2,3)4/h16-19H,9-10,13-15H2,1-8H3,(H,29,33)(H,30,34)(H,31,35);9-11,14H,12-13H2,1-8H3,(H,22,24)(H,23,25);6-9,12H,10-11H2,1-5H3,(H,18,20);5-9H,1-2H3,(H,13,14);1-4H3. The van der Waals surface area contributed by atoms with Crippen molar-refractivity contribution in [2.45, 2.75) is 259 Å². The van der Waals surface area contributed by atoms with Gasteiger partial charge in [0.25, 0.3) is 17.7 Å². The van der Waals surface area contributed by atoms with E-state index in [0.29, 0.717) is 59.4 Å². The summed E-state index contributed by atoms with van der Waals surface area (Å²) in [6, 6.07) is 24.9. The lowest BCUT2D eigenvalue weighted by Gasteiger charge is -2.20. The third-order valence-corrected chi connectivity index (χ3v) is 12.2. The molecule has 0 spiro atoms. The summed E-state index contributed by atoms with van der Waals surface area (Å²) in [4.78, 5) is 107. The number of carboxylic acid groups (broad SMARTS) is 1. The fraction of sp³-hybridized carbons (Fsp3) is 0.554. The van der Waals surface area contributed by atoms with E-state index in [2.05, 4.69) is 123 Å². The van der Waals surface area contributed by atoms with E-state index in [4.69, 9.17) is 28.8 Å². The normalized spacial score (nSPS) is 11.2. The van der Waals surface area contributed by atoms with Crippen LogP contribution in [0.4, 0.5) is 14.4 Å². The Morgan fingerprint density at radius 2 is 0.712 bits per heavy atom. The molecule has 0 saturated heterocycles. The number of amides is 6. The monoisotopic (exact) mass is 1440 g/mol. The van der Waals surface area contributed by atoms with Crippen LogP contribution in [0.25, 0.3) is 0 Å². The number of alkyl carbamates (subject to hydrolysis) is 3. The molecule has 576 valence electrons. The molecule has 104 heavy (non-hydrogen) atoms. The highest BCUT2D eigenvalue weighted by atomic mass is 16.6. The number of ether oxygens (including phenoxy) is 5. The van der Waals surface area contributed by atoms with Gasteiger partial charge >= 0.3 is 36.2 Å². The maximum atomic E-state index is 12.8. The van der Waals surface area contributed by atoms with Crippen molar-refractivity contribution in [1.29, 1.82) is 0 Å². The first-order chi connectivity index (χ1) is 47.6. The average molecular weight is 1450 g/mol. The Kier molecular flexibility index (Phi) is 40.9. The summed E-state index contributed by atoms with van der Waals surface area (Å²) in [5, 5.41) is 25.0. The molecule has 6 amide bonds. The van der Waals surface area contributed by atoms with Crippen molar-refractivity contribution in [3.8, 4) is 23.7 Å². The number of hydrogen-bond acceptors (Lipinski definition) is 14. The average Bonchev–Trinajstić information content (AvgIpc) is 0.841. The van der Waals surface area contributed by atoms with Crippen molar-refractivity contribution in [3.05, 3.63) is 141 Å². The quantitative estimate of drug-likeness (QED) is 0.0187. The Morgan fingerprint density at radius 1 is 0.365 bits per heavy atom. The van der Waals surface area contributed by atoms with Crippen LogP contribution in [0.15, 0.2) is 84.9 Å². The van der Waals surface area contributed by atoms with E-state index in [-0.39, 0.29) is 79.8 Å². The molecule has 0 aliphatic carbocycles. The lowest BCUT2D eigenvalue weighted by molar-refractivity contribution is -0.155. The van der Waals surface area contributed by atoms with Gasteiger partial charge in [0.05, 0.1) is 12.0 Å². The maximum Gasteiger partial charge on any atom is 0.407 e. The van der Waals surface area contributed by atoms with Gasteiger partial charge in [-0.15, -0.1) is 0 Å². The van der Waals surface area contributed by atoms with E-state index in [1.807, 2.05) is 108 Å². The summed E-state index contributed by atoms with van der Waals surface area (Å²) in [6.07, 6.45) is -0.698. The minimum absolute atomic E-state index is 0.113. The molecule has 0 heterocycles. The molecule has 4 aromatic rings. The molecule has 21 nitrogen and oxygen atoms in total. The van der Waals surface area contributed by atoms with Gasteiger partial charge in [-0.2, -0.15) is 0 Å². The van der Waals surface area contributed by atoms with Gasteiger partial charge in [-0.05, 0) is 204 Å². The SMILES string of the molecule is CC(C)(C)C.CC(C)C#Cc1cc(C(=O)NCCCC(=O)OC(C)(C)C)cc(C(=O)NCCNC(=O)OC(C)(C)C)c1.CC(C)C#Cc1ccc(C(=O)O)cc1.CC(C)c1cc(CNC(=O)OC(C)(C)C)cc(CNC(=O)OC(C)(C)C)c1.CC(C)c1ccc(C(=O)NCCC(=O)OC(C)(C)C)cc1. The van der Waals surface area contributed by atoms with Crippen LogP contribution in [0.1, 0.15) is 293 Å². The van der Waals surface area contributed by atoms with Crippen LogP contribution in [-0.4, -0.2) is 113 Å². The number of aromatic carboxylic acids is 1. The fourth-order valence-corrected chi connectivity index (χ4v) is 7.90. The van der Waals surface area contributed by atoms with Gasteiger partial charge in [-0.3, -0.25) is 24.0 Å². The topological polar surface area (TPSA) is 292 Å². The summed E-state index contributed by atoms with van der Waals surface area (Å²) in [7, 11) is 0. The Hall–Kier alpha value is -9.37. The first-order valence-corrected chi connectivity index (χ1v) is 35.5. The lowest BCUT2D eigenvalue weighted by Crippen LogP contribution is -2.38. The molecule has 7 N–H and O–H groups in total. The summed E-state index contributed by atoms with van der Waals surface area (Å²) in [6.45, 7) is 53.8. The third kappa shape index (κ3) is 50.9. The number of carbonyl (C=O) groups excluding carboxylic acids is 8. The van der Waals surface area contributed by atoms with E-state index >= 15 is 0 Å². The van der Waals surface area contributed by atoms with E-state index in [9.17, 15) is 43.2 Å². The van der Waals surface area contributed by atoms with Crippen molar-refractivity contribution in [2.75, 3.05) is 26.2 Å². The van der Waals surface area contributed by atoms with E-state index in [1.165, 1.54) is 11.6 Å². The highest BCUT2D eigenvalue weighted by Crippen LogP contribution is 2.21. The molecular formula is C83H124N6O15. The van der Waals surface area contributed by atoms with Crippen LogP contribution in [0, 0.1) is 40.9 Å². The molecule has 0 unspecified atom stereocenters. The van der Waals surface area contributed by atoms with Crippen LogP contribution in [0.3, 0.4) is 0 Å². The Bertz CT molecular complexity index is 3400. The predicted molar refractivity (Wildman–Crippen MR) is 412 cm³/mol. The van der Waals surface area contributed by atoms with Gasteiger partial charge in [0.1, 0.15) is 28.0 Å². The first-order valence-electron chi connectivity index (χ1n) is 35.5. The summed E-state index contributed by atoms with van der Waals surface area (Å²) >= 11 is 0. The number of benzene rings is 4. The molecule has 0 atom stereocenters. The Balaban J connectivity index is 0.00000139. The van der Waals surface area contributed by atoms with Crippen LogP contribution >= 0.6 is 0 Å². The summed E-state index contributed by atoms with van der Waals surface area (Å²) in [5.41, 5.74) is 4.84. The van der Waals surface area contributed by atoms with E-state index in [1.54, 1.807) is 90.1 Å². The molecule has 0 bridgehead atoms. The molecule has 4 aromatic carbocycles. The molecule has 0 radical (unpaired) electrons. The van der Waals surface area contributed by atoms with Crippen LogP contribution in [0.2, 0.25) is 0 Å². The van der Waals surface area contributed by atoms with Crippen molar-refractivity contribution in [2.24, 2.45) is 17.3 Å². The smallest absolute Gasteiger partial charge is 0.407 e. The molecular weight excluding hydrogens is 1320 g/mol. The van der Waals surface area contributed by atoms with Gasteiger partial charge in [0.2, 0.25) is 0 Å². The van der Waals surface area contributed by atoms with E-state index < -0.39 is 58.2 Å². The van der Waals surface area contributed by atoms with E-state index in [0.717, 1.165) is 22.3 Å². The lowest BCUT2D eigenvalue weighted by atomic mass is 9.97. The molecule has 0 saturated carbocycles. The van der Waals surface area contributed by atoms with Gasteiger partial charge in [0, 0.05) is 85.3 Å².